The van der Waals surface area contributed by atoms with Crippen molar-refractivity contribution in [2.24, 2.45) is 0 Å². The Morgan fingerprint density at radius 1 is 0.464 bits per heavy atom. The topological polar surface area (TPSA) is 111 Å². The number of allylic oxidation sites excluding steroid dienone is 12. The number of ether oxygens (including phenoxy) is 2. The summed E-state index contributed by atoms with van der Waals surface area (Å²) in [6.45, 7) is 4.09. The number of rotatable bonds is 51. The maximum Gasteiger partial charge on any atom is 0.306 e. The zero-order chi connectivity index (χ0) is 50.6. The number of phosphoric ester groups is 1. The molecular weight excluding hydrogens is 882 g/mol. The Hall–Kier alpha value is -2.55. The van der Waals surface area contributed by atoms with E-state index in [9.17, 15) is 19.0 Å². The molecule has 0 radical (unpaired) electrons. The van der Waals surface area contributed by atoms with Gasteiger partial charge in [-0.05, 0) is 64.2 Å². The second kappa shape index (κ2) is 50.4. The highest BCUT2D eigenvalue weighted by atomic mass is 31.2. The summed E-state index contributed by atoms with van der Waals surface area (Å²) in [7, 11) is 1.17. The summed E-state index contributed by atoms with van der Waals surface area (Å²) in [5.41, 5.74) is 0. The Morgan fingerprint density at radius 3 is 1.23 bits per heavy atom. The van der Waals surface area contributed by atoms with Gasteiger partial charge in [0.05, 0.1) is 27.7 Å². The van der Waals surface area contributed by atoms with Crippen LogP contribution in [0.4, 0.5) is 0 Å². The molecule has 9 nitrogen and oxygen atoms in total. The molecule has 2 unspecified atom stereocenters. The highest BCUT2D eigenvalue weighted by Gasteiger charge is 2.21. The summed E-state index contributed by atoms with van der Waals surface area (Å²) in [4.78, 5) is 37.5. The molecule has 0 spiro atoms. The summed E-state index contributed by atoms with van der Waals surface area (Å²) in [6.07, 6.45) is 65.6. The molecule has 69 heavy (non-hydrogen) atoms. The van der Waals surface area contributed by atoms with Gasteiger partial charge in [0.25, 0.3) is 7.82 Å². The van der Waals surface area contributed by atoms with Gasteiger partial charge in [0, 0.05) is 12.8 Å². The quantitative estimate of drug-likeness (QED) is 0.0195. The van der Waals surface area contributed by atoms with Gasteiger partial charge < -0.3 is 27.9 Å². The first kappa shape index (κ1) is 66.5. The van der Waals surface area contributed by atoms with Crippen LogP contribution in [-0.2, 0) is 32.7 Å². The fourth-order valence-electron chi connectivity index (χ4n) is 7.66. The van der Waals surface area contributed by atoms with Crippen molar-refractivity contribution in [1.82, 2.24) is 0 Å². The number of unbranched alkanes of at least 4 members (excludes halogenated alkanes) is 25. The molecule has 0 fully saturated rings. The molecule has 0 N–H and O–H groups in total. The minimum Gasteiger partial charge on any atom is -0.756 e. The van der Waals surface area contributed by atoms with Crippen LogP contribution in [0.1, 0.15) is 239 Å². The van der Waals surface area contributed by atoms with E-state index in [2.05, 4.69) is 86.8 Å². The molecule has 0 amide bonds. The predicted molar refractivity (Wildman–Crippen MR) is 291 cm³/mol. The zero-order valence-electron chi connectivity index (χ0n) is 45.2. The molecule has 0 heterocycles. The molecule has 10 heteroatoms. The highest BCUT2D eigenvalue weighted by molar-refractivity contribution is 7.45. The number of quaternary nitrogens is 1. The number of carbonyl (C=O) groups excluding carboxylic acids is 2. The van der Waals surface area contributed by atoms with E-state index in [1.54, 1.807) is 0 Å². The summed E-state index contributed by atoms with van der Waals surface area (Å²) >= 11 is 0. The molecule has 2 atom stereocenters. The van der Waals surface area contributed by atoms with Gasteiger partial charge in [-0.2, -0.15) is 0 Å². The fourth-order valence-corrected chi connectivity index (χ4v) is 8.39. The Labute approximate surface area is 425 Å². The molecule has 0 aliphatic carbocycles. The van der Waals surface area contributed by atoms with Crippen molar-refractivity contribution in [1.29, 1.82) is 0 Å². The Bertz CT molecular complexity index is 1400. The lowest BCUT2D eigenvalue weighted by Crippen LogP contribution is -2.37. The van der Waals surface area contributed by atoms with E-state index in [4.69, 9.17) is 18.5 Å². The Balaban J connectivity index is 3.90. The molecule has 0 aliphatic heterocycles. The number of hydrogen-bond acceptors (Lipinski definition) is 8. The van der Waals surface area contributed by atoms with Crippen LogP contribution in [0.15, 0.2) is 72.9 Å². The fraction of sp³-hybridized carbons (Fsp3) is 0.763. The van der Waals surface area contributed by atoms with Gasteiger partial charge in [0.2, 0.25) is 0 Å². The van der Waals surface area contributed by atoms with Gasteiger partial charge in [-0.25, -0.2) is 0 Å². The monoisotopic (exact) mass is 988 g/mol. The molecule has 0 aromatic rings. The third-order valence-corrected chi connectivity index (χ3v) is 13.0. The van der Waals surface area contributed by atoms with E-state index in [1.807, 2.05) is 21.1 Å². The van der Waals surface area contributed by atoms with E-state index in [1.165, 1.54) is 128 Å². The van der Waals surface area contributed by atoms with Crippen molar-refractivity contribution in [2.45, 2.75) is 245 Å². The van der Waals surface area contributed by atoms with Crippen molar-refractivity contribution in [3.63, 3.8) is 0 Å². The van der Waals surface area contributed by atoms with Gasteiger partial charge in [0.1, 0.15) is 19.8 Å². The first-order valence-corrected chi connectivity index (χ1v) is 29.6. The van der Waals surface area contributed by atoms with Crippen LogP contribution in [0.5, 0.6) is 0 Å². The second-order valence-corrected chi connectivity index (χ2v) is 21.3. The van der Waals surface area contributed by atoms with E-state index < -0.39 is 26.5 Å². The van der Waals surface area contributed by atoms with Gasteiger partial charge in [-0.1, -0.05) is 234 Å². The van der Waals surface area contributed by atoms with Crippen LogP contribution >= 0.6 is 7.82 Å². The molecule has 0 aromatic carbocycles. The third kappa shape index (κ3) is 54.6. The van der Waals surface area contributed by atoms with Crippen LogP contribution in [0.25, 0.3) is 0 Å². The molecule has 400 valence electrons. The summed E-state index contributed by atoms with van der Waals surface area (Å²) in [5, 5.41) is 0. The van der Waals surface area contributed by atoms with Crippen molar-refractivity contribution in [3.05, 3.63) is 72.9 Å². The van der Waals surface area contributed by atoms with E-state index in [0.717, 1.165) is 77.0 Å². The minimum atomic E-state index is -4.62. The van der Waals surface area contributed by atoms with Crippen LogP contribution in [0.3, 0.4) is 0 Å². The number of likely N-dealkylation sites (N-methyl/N-ethyl adjacent to an activating group) is 1. The average molecular weight is 988 g/mol. The van der Waals surface area contributed by atoms with Crippen LogP contribution in [0, 0.1) is 0 Å². The molecule has 0 aliphatic rings. The summed E-state index contributed by atoms with van der Waals surface area (Å²) in [6, 6.07) is 0. The molecule has 0 saturated heterocycles. The second-order valence-electron chi connectivity index (χ2n) is 19.9. The highest BCUT2D eigenvalue weighted by Crippen LogP contribution is 2.38. The smallest absolute Gasteiger partial charge is 0.306 e. The third-order valence-electron chi connectivity index (χ3n) is 12.0. The predicted octanol–water partition coefficient (Wildman–Crippen LogP) is 16.7. The molecule has 0 aromatic heterocycles. The van der Waals surface area contributed by atoms with Crippen LogP contribution in [-0.4, -0.2) is 70.0 Å². The van der Waals surface area contributed by atoms with Gasteiger partial charge in [-0.15, -0.1) is 0 Å². The summed E-state index contributed by atoms with van der Waals surface area (Å²) < 4.78 is 33.9. The lowest BCUT2D eigenvalue weighted by molar-refractivity contribution is -0.870. The number of carbonyl (C=O) groups is 2. The number of hydrogen-bond donors (Lipinski definition) is 0. The van der Waals surface area contributed by atoms with E-state index in [-0.39, 0.29) is 32.0 Å². The van der Waals surface area contributed by atoms with E-state index in [0.29, 0.717) is 17.4 Å². The number of nitrogens with zero attached hydrogens (tertiary/aromatic N) is 1. The van der Waals surface area contributed by atoms with E-state index >= 15 is 0 Å². The molecule has 0 saturated carbocycles. The maximum atomic E-state index is 12.7. The van der Waals surface area contributed by atoms with Crippen molar-refractivity contribution >= 4 is 19.8 Å². The zero-order valence-corrected chi connectivity index (χ0v) is 46.1. The first-order chi connectivity index (χ1) is 33.5. The molecule has 0 bridgehead atoms. The molecule has 0 rings (SSSR count). The largest absolute Gasteiger partial charge is 0.756 e. The molecular formula is C59H106NO8P. The average Bonchev–Trinajstić information content (AvgIpc) is 3.31. The number of esters is 2. The normalized spacial score (nSPS) is 13.9. The van der Waals surface area contributed by atoms with Crippen LogP contribution in [0.2, 0.25) is 0 Å². The van der Waals surface area contributed by atoms with Crippen molar-refractivity contribution in [3.8, 4) is 0 Å². The Kier molecular flexibility index (Phi) is 48.5. The summed E-state index contributed by atoms with van der Waals surface area (Å²) in [5.74, 6) is -0.833. The number of phosphoric acid groups is 1. The standard InChI is InChI=1S/C59H106NO8P/c1-6-8-10-12-14-16-17-18-19-20-21-22-23-24-25-26-27-28-29-30-31-32-33-34-35-36-37-38-39-40-41-42-43-44-46-48-50-52-59(62)68-57(56-67-69(63,64)66-54-53-60(3,4)5)55-65-58(61)51-49-47-45-15-13-11-9-7-2/h8,10,14,16,18-19,21-22,24-25,27-28,57H,6-7,9,11-13,15,17,20,23,26,29-56H2,1-5H3/b10-8-,16-14-,19-18-,22-21-,25-24-,28-27-. The lowest BCUT2D eigenvalue weighted by atomic mass is 10.0. The Morgan fingerprint density at radius 2 is 0.826 bits per heavy atom. The SMILES string of the molecule is CC/C=C\C/C=C\C/C=C\C/C=C\C/C=C\C/C=C\CCCCCCCCCCCCCCCCCCCCC(=O)OC(COC(=O)CCCCCCCCCC)COP(=O)([O-])OCC[N+](C)(C)C. The van der Waals surface area contributed by atoms with Gasteiger partial charge >= 0.3 is 11.9 Å². The minimum absolute atomic E-state index is 0.0304. The van der Waals surface area contributed by atoms with Gasteiger partial charge in [-0.3, -0.25) is 14.2 Å². The maximum absolute atomic E-state index is 12.7. The first-order valence-electron chi connectivity index (χ1n) is 28.1. The van der Waals surface area contributed by atoms with Crippen LogP contribution < -0.4 is 4.89 Å². The van der Waals surface area contributed by atoms with Crippen molar-refractivity contribution in [2.75, 3.05) is 47.5 Å². The van der Waals surface area contributed by atoms with Crippen molar-refractivity contribution < 1.29 is 42.1 Å². The lowest BCUT2D eigenvalue weighted by Gasteiger charge is -2.28. The van der Waals surface area contributed by atoms with Gasteiger partial charge in [0.15, 0.2) is 6.10 Å².